The van der Waals surface area contributed by atoms with Crippen molar-refractivity contribution in [2.75, 3.05) is 9.80 Å². The molecule has 0 bridgehead atoms. The molecule has 1 spiro atoms. The van der Waals surface area contributed by atoms with E-state index in [1.165, 1.54) is 106 Å². The van der Waals surface area contributed by atoms with Gasteiger partial charge in [-0.15, -0.1) is 0 Å². The van der Waals surface area contributed by atoms with E-state index in [0.29, 0.717) is 11.8 Å². The molecule has 0 saturated heterocycles. The van der Waals surface area contributed by atoms with Crippen molar-refractivity contribution in [3.63, 3.8) is 0 Å². The van der Waals surface area contributed by atoms with Gasteiger partial charge in [0.2, 0.25) is 0 Å². The van der Waals surface area contributed by atoms with Crippen LogP contribution in [-0.2, 0) is 5.41 Å². The van der Waals surface area contributed by atoms with Gasteiger partial charge in [-0.1, -0.05) is 188 Å². The van der Waals surface area contributed by atoms with Crippen LogP contribution in [0.3, 0.4) is 0 Å². The van der Waals surface area contributed by atoms with Gasteiger partial charge in [0.15, 0.2) is 0 Å². The lowest BCUT2D eigenvalue weighted by Crippen LogP contribution is -2.61. The smallest absolute Gasteiger partial charge is 0.252 e. The van der Waals surface area contributed by atoms with Crippen LogP contribution in [0, 0.1) is 0 Å². The molecule has 3 heteroatoms. The molecule has 0 aromatic heterocycles. The van der Waals surface area contributed by atoms with E-state index in [1.54, 1.807) is 0 Å². The number of hydrogen-bond donors (Lipinski definition) is 0. The third kappa shape index (κ3) is 4.66. The van der Waals surface area contributed by atoms with Crippen LogP contribution >= 0.6 is 0 Å². The number of rotatable bonds is 5. The van der Waals surface area contributed by atoms with Gasteiger partial charge in [0.1, 0.15) is 0 Å². The first-order valence-electron chi connectivity index (χ1n) is 23.4. The summed E-state index contributed by atoms with van der Waals surface area (Å²) >= 11 is 0. The molecule has 3 atom stereocenters. The lowest BCUT2D eigenvalue weighted by Gasteiger charge is -2.59. The van der Waals surface area contributed by atoms with E-state index in [2.05, 4.69) is 246 Å². The summed E-state index contributed by atoms with van der Waals surface area (Å²) in [6.45, 7) is -0.000420. The zero-order valence-electron chi connectivity index (χ0n) is 36.1. The second-order valence-corrected chi connectivity index (χ2v) is 18.7. The molecule has 0 saturated carbocycles. The highest BCUT2D eigenvalue weighted by Crippen LogP contribution is 2.78. The fourth-order valence-electron chi connectivity index (χ4n) is 13.2. The van der Waals surface area contributed by atoms with Gasteiger partial charge in [0, 0.05) is 51.4 Å². The van der Waals surface area contributed by atoms with Crippen LogP contribution < -0.4 is 26.2 Å². The van der Waals surface area contributed by atoms with Crippen LogP contribution in [0.2, 0.25) is 0 Å². The minimum atomic E-state index is -0.0229. The number of fused-ring (bicyclic) bond motifs is 11. The maximum absolute atomic E-state index is 2.56. The van der Waals surface area contributed by atoms with Crippen molar-refractivity contribution in [2.45, 2.75) is 17.3 Å². The summed E-state index contributed by atoms with van der Waals surface area (Å²) in [4.78, 5) is 5.12. The highest BCUT2D eigenvalue weighted by atomic mass is 15.2. The molecule has 0 N–H and O–H groups in total. The van der Waals surface area contributed by atoms with E-state index in [-0.39, 0.29) is 12.1 Å². The van der Waals surface area contributed by atoms with E-state index >= 15 is 0 Å². The van der Waals surface area contributed by atoms with Crippen molar-refractivity contribution >= 4 is 57.2 Å². The summed E-state index contributed by atoms with van der Waals surface area (Å²) in [6.07, 6.45) is 0. The van der Waals surface area contributed by atoms with Crippen LogP contribution in [0.1, 0.15) is 45.2 Å². The lowest BCUT2D eigenvalue weighted by molar-refractivity contribution is 0.333. The topological polar surface area (TPSA) is 6.48 Å². The van der Waals surface area contributed by atoms with E-state index in [0.717, 1.165) is 11.4 Å². The first-order valence-corrected chi connectivity index (χ1v) is 23.4. The maximum atomic E-state index is 2.56. The molecule has 15 rings (SSSR count). The average Bonchev–Trinajstić information content (AvgIpc) is 3.59. The van der Waals surface area contributed by atoms with Crippen molar-refractivity contribution in [3.8, 4) is 33.4 Å². The van der Waals surface area contributed by atoms with Crippen molar-refractivity contribution in [2.24, 2.45) is 0 Å². The summed E-state index contributed by atoms with van der Waals surface area (Å²) in [5.41, 5.74) is 27.5. The van der Waals surface area contributed by atoms with Crippen molar-refractivity contribution < 1.29 is 0 Å². The molecule has 0 radical (unpaired) electrons. The van der Waals surface area contributed by atoms with Gasteiger partial charge >= 0.3 is 0 Å². The summed E-state index contributed by atoms with van der Waals surface area (Å²) < 4.78 is 0. The Bertz CT molecular complexity index is 3460. The Morgan fingerprint density at radius 3 is 1.35 bits per heavy atom. The average molecular weight is 837 g/mol. The largest absolute Gasteiger partial charge is 0.311 e. The Morgan fingerprint density at radius 1 is 0.333 bits per heavy atom. The highest BCUT2D eigenvalue weighted by molar-refractivity contribution is 7.00. The normalized spacial score (nSPS) is 18.3. The predicted octanol–water partition coefficient (Wildman–Crippen LogP) is 13.7. The van der Waals surface area contributed by atoms with E-state index in [4.69, 9.17) is 0 Å². The Morgan fingerprint density at radius 2 is 0.788 bits per heavy atom. The molecule has 10 aromatic carbocycles. The number of nitrogens with zero attached hydrogens (tertiary/aromatic N) is 2. The third-order valence-corrected chi connectivity index (χ3v) is 15.7. The second-order valence-electron chi connectivity index (χ2n) is 18.7. The van der Waals surface area contributed by atoms with Gasteiger partial charge in [-0.25, -0.2) is 0 Å². The Balaban J connectivity index is 1.04. The number of para-hydroxylation sites is 2. The van der Waals surface area contributed by atoms with Gasteiger partial charge in [-0.3, -0.25) is 0 Å². The molecular weight excluding hydrogens is 796 g/mol. The molecule has 66 heavy (non-hydrogen) atoms. The molecule has 0 amide bonds. The third-order valence-electron chi connectivity index (χ3n) is 15.7. The molecule has 0 fully saturated rings. The minimum absolute atomic E-state index is 0.000420. The van der Waals surface area contributed by atoms with Gasteiger partial charge < -0.3 is 9.80 Å². The van der Waals surface area contributed by atoms with Gasteiger partial charge in [-0.2, -0.15) is 0 Å². The first-order chi connectivity index (χ1) is 32.8. The van der Waals surface area contributed by atoms with Crippen molar-refractivity contribution in [1.82, 2.24) is 0 Å². The Kier molecular flexibility index (Phi) is 7.38. The van der Waals surface area contributed by atoms with E-state index < -0.39 is 0 Å². The molecule has 306 valence electrons. The molecule has 10 aromatic rings. The monoisotopic (exact) mass is 836 g/mol. The number of benzene rings is 10. The number of hydrogen-bond acceptors (Lipinski definition) is 2. The quantitative estimate of drug-likeness (QED) is 0.159. The molecule has 3 aliphatic carbocycles. The van der Waals surface area contributed by atoms with Crippen molar-refractivity contribution in [3.05, 3.63) is 270 Å². The molecular formula is C63H41BN2. The molecule has 2 nitrogen and oxygen atoms in total. The molecule has 3 unspecified atom stereocenters. The van der Waals surface area contributed by atoms with Crippen LogP contribution in [-0.4, -0.2) is 6.71 Å². The van der Waals surface area contributed by atoms with Crippen LogP contribution in [0.5, 0.6) is 0 Å². The Labute approximate surface area is 385 Å². The van der Waals surface area contributed by atoms with Gasteiger partial charge in [0.05, 0.1) is 0 Å². The number of anilines is 6. The first kappa shape index (κ1) is 36.2. The zero-order chi connectivity index (χ0) is 43.1. The van der Waals surface area contributed by atoms with Gasteiger partial charge in [-0.05, 0) is 132 Å². The summed E-state index contributed by atoms with van der Waals surface area (Å²) in [5, 5.41) is 0. The summed E-state index contributed by atoms with van der Waals surface area (Å²) in [6, 6.07) is 89.0. The van der Waals surface area contributed by atoms with Crippen molar-refractivity contribution in [1.29, 1.82) is 0 Å². The minimum Gasteiger partial charge on any atom is -0.311 e. The Hall–Kier alpha value is -8.14. The molecule has 2 heterocycles. The SMILES string of the molecule is c1ccc(-c2ccc3c(c2)N(c2ccccc2)c2cc(-c4cccc5c4C4c6ccccc6C6c7ccccc7C564)cc4c2B3c2ccc(-c3ccccc3)cc2N4c2ccccc2)cc1. The predicted molar refractivity (Wildman–Crippen MR) is 274 cm³/mol. The van der Waals surface area contributed by atoms with E-state index in [1.807, 2.05) is 0 Å². The lowest BCUT2D eigenvalue weighted by atomic mass is 9.33. The summed E-state index contributed by atoms with van der Waals surface area (Å²) in [5.74, 6) is 0.676. The molecule has 5 aliphatic rings. The van der Waals surface area contributed by atoms with Crippen LogP contribution in [0.25, 0.3) is 33.4 Å². The zero-order valence-corrected chi connectivity index (χ0v) is 36.1. The summed E-state index contributed by atoms with van der Waals surface area (Å²) in [7, 11) is 0. The maximum Gasteiger partial charge on any atom is 0.252 e. The fourth-order valence-corrected chi connectivity index (χ4v) is 13.2. The standard InChI is InChI=1S/C63H41BN2/c1-5-18-40(19-6-1)42-32-34-53-55(36-42)65(45-22-9-3-10-23-45)57-38-44(47-29-17-31-52-59(47)61-49-27-14-13-26-48(49)60-50-28-15-16-30-51(50)63(52,60)61)39-58-62(57)64(53)54-35-33-43(41-20-7-2-8-21-41)37-56(54)66(58)46-24-11-4-12-25-46/h1-39,60-61H. The van der Waals surface area contributed by atoms with E-state index in [9.17, 15) is 0 Å². The fraction of sp³-hybridized carbons (Fsp3) is 0.0476. The molecule has 2 aliphatic heterocycles. The second kappa shape index (κ2) is 13.5. The highest BCUT2D eigenvalue weighted by Gasteiger charge is 2.69. The van der Waals surface area contributed by atoms with Crippen LogP contribution in [0.15, 0.2) is 237 Å². The van der Waals surface area contributed by atoms with Crippen LogP contribution in [0.4, 0.5) is 34.1 Å². The van der Waals surface area contributed by atoms with Gasteiger partial charge in [0.25, 0.3) is 6.71 Å².